The Bertz CT molecular complexity index is 2040. The van der Waals surface area contributed by atoms with Gasteiger partial charge in [-0.15, -0.1) is 0 Å². The van der Waals surface area contributed by atoms with Crippen LogP contribution < -0.4 is 26.8 Å². The highest BCUT2D eigenvalue weighted by molar-refractivity contribution is 7.86. The lowest BCUT2D eigenvalue weighted by Crippen LogP contribution is -2.10. The van der Waals surface area contributed by atoms with Gasteiger partial charge in [0.1, 0.15) is 17.6 Å². The maximum Gasteiger partial charge on any atom is 0.306 e. The van der Waals surface area contributed by atoms with E-state index in [9.17, 15) is 25.3 Å². The van der Waals surface area contributed by atoms with Crippen molar-refractivity contribution in [3.63, 3.8) is 0 Å². The van der Waals surface area contributed by atoms with Crippen LogP contribution in [0.25, 0.3) is 22.3 Å². The van der Waals surface area contributed by atoms with Gasteiger partial charge in [0.05, 0.1) is 38.6 Å². The molecule has 0 spiro atoms. The summed E-state index contributed by atoms with van der Waals surface area (Å²) >= 11 is 0. The Morgan fingerprint density at radius 3 is 1.70 bits per heavy atom. The molecule has 1 atom stereocenters. The van der Waals surface area contributed by atoms with Crippen molar-refractivity contribution < 1.29 is 52.0 Å². The van der Waals surface area contributed by atoms with Crippen molar-refractivity contribution in [1.82, 2.24) is 0 Å². The molecule has 12 nitrogen and oxygen atoms in total. The maximum atomic E-state index is 12.5. The van der Waals surface area contributed by atoms with Gasteiger partial charge in [0, 0.05) is 5.56 Å². The first-order valence-corrected chi connectivity index (χ1v) is 18.9. The van der Waals surface area contributed by atoms with Gasteiger partial charge in [-0.25, -0.2) is 0 Å². The molecular weight excluding hydrogens is 661 g/mol. The molecule has 15 heteroatoms. The van der Waals surface area contributed by atoms with Crippen molar-refractivity contribution in [2.45, 2.75) is 13.0 Å². The van der Waals surface area contributed by atoms with E-state index in [4.69, 9.17) is 26.8 Å². The summed E-state index contributed by atoms with van der Waals surface area (Å²) in [5, 5.41) is 0. The van der Waals surface area contributed by atoms with E-state index < -0.39 is 36.5 Å². The molecule has 246 valence electrons. The minimum Gasteiger partial charge on any atom is -0.496 e. The van der Waals surface area contributed by atoms with Crippen LogP contribution in [0.1, 0.15) is 18.6 Å². The summed E-state index contributed by atoms with van der Waals surface area (Å²) in [6.45, 7) is 1.79. The van der Waals surface area contributed by atoms with Crippen LogP contribution in [0.15, 0.2) is 78.9 Å². The Hall–Kier alpha value is -4.47. The molecule has 0 bridgehead atoms. The van der Waals surface area contributed by atoms with Gasteiger partial charge in [0.15, 0.2) is 23.0 Å². The highest BCUT2D eigenvalue weighted by Gasteiger charge is 2.28. The molecule has 4 rings (SSSR count). The van der Waals surface area contributed by atoms with Crippen LogP contribution in [0, 0.1) is 0 Å². The summed E-state index contributed by atoms with van der Waals surface area (Å²) in [5.41, 5.74) is 1.98. The van der Waals surface area contributed by atoms with Gasteiger partial charge in [0.25, 0.3) is 0 Å². The molecule has 1 unspecified atom stereocenters. The third-order valence-corrected chi connectivity index (χ3v) is 7.76. The first-order chi connectivity index (χ1) is 21.5. The SMILES string of the molecule is COc1cc(-c2ccc(OS(C)(=O)=O)cc2)c(OC)c(OS(C)(=O)=O)c1-c1ccc(OC(C)c2ccccc2)c(OS(C)(=O)=O)c1. The molecular formula is C31H32O12S3. The van der Waals surface area contributed by atoms with Crippen LogP contribution in [0.4, 0.5) is 0 Å². The molecule has 0 fully saturated rings. The molecule has 0 radical (unpaired) electrons. The highest BCUT2D eigenvalue weighted by atomic mass is 32.2. The topological polar surface area (TPSA) is 158 Å². The standard InChI is InChI=1S/C31H32O12S3/c1-20(21-10-8-7-9-11-21)40-26-17-14-23(18-27(26)42-45(5,34)35)29-28(38-2)19-25(30(39-3)31(29)43-46(6,36)37)22-12-15-24(16-13-22)41-44(4,32)33/h7-20H,1-6H3. The molecule has 0 aliphatic heterocycles. The van der Waals surface area contributed by atoms with Gasteiger partial charge in [-0.3, -0.25) is 0 Å². The van der Waals surface area contributed by atoms with Gasteiger partial charge in [-0.2, -0.15) is 25.3 Å². The number of benzene rings is 4. The van der Waals surface area contributed by atoms with Gasteiger partial charge >= 0.3 is 30.4 Å². The zero-order valence-electron chi connectivity index (χ0n) is 25.7. The largest absolute Gasteiger partial charge is 0.496 e. The summed E-state index contributed by atoms with van der Waals surface area (Å²) in [6.07, 6.45) is 2.16. The molecule has 0 amide bonds. The minimum absolute atomic E-state index is 0.0124. The fraction of sp³-hybridized carbons (Fsp3) is 0.226. The number of hydrogen-bond acceptors (Lipinski definition) is 12. The number of hydrogen-bond donors (Lipinski definition) is 0. The van der Waals surface area contributed by atoms with Crippen LogP contribution in [0.5, 0.6) is 34.5 Å². The third-order valence-electron chi connectivity index (χ3n) is 6.32. The predicted molar refractivity (Wildman–Crippen MR) is 172 cm³/mol. The van der Waals surface area contributed by atoms with E-state index in [0.29, 0.717) is 11.1 Å². The van der Waals surface area contributed by atoms with Crippen LogP contribution in [0.2, 0.25) is 0 Å². The Kier molecular flexibility index (Phi) is 10.1. The summed E-state index contributed by atoms with van der Waals surface area (Å²) in [7, 11) is -9.30. The molecule has 0 aromatic heterocycles. The van der Waals surface area contributed by atoms with Crippen LogP contribution in [-0.4, -0.2) is 58.2 Å². The highest BCUT2D eigenvalue weighted by Crippen LogP contribution is 2.52. The summed E-state index contributed by atoms with van der Waals surface area (Å²) < 4.78 is 106. The third kappa shape index (κ3) is 8.83. The van der Waals surface area contributed by atoms with E-state index in [1.54, 1.807) is 31.2 Å². The van der Waals surface area contributed by atoms with Crippen molar-refractivity contribution >= 4 is 30.4 Å². The molecule has 0 saturated heterocycles. The molecule has 0 heterocycles. The van der Waals surface area contributed by atoms with Crippen LogP contribution in [-0.2, 0) is 30.4 Å². The Balaban J connectivity index is 1.93. The molecule has 4 aromatic rings. The molecule has 0 N–H and O–H groups in total. The lowest BCUT2D eigenvalue weighted by molar-refractivity contribution is 0.221. The first kappa shape index (κ1) is 34.4. The lowest BCUT2D eigenvalue weighted by Gasteiger charge is -2.22. The fourth-order valence-corrected chi connectivity index (χ4v) is 5.91. The van der Waals surface area contributed by atoms with Crippen LogP contribution >= 0.6 is 0 Å². The van der Waals surface area contributed by atoms with Crippen molar-refractivity contribution in [3.8, 4) is 56.8 Å². The van der Waals surface area contributed by atoms with E-state index in [2.05, 4.69) is 0 Å². The van der Waals surface area contributed by atoms with Gasteiger partial charge in [-0.1, -0.05) is 48.5 Å². The smallest absolute Gasteiger partial charge is 0.306 e. The summed E-state index contributed by atoms with van der Waals surface area (Å²) in [5.74, 6) is -0.144. The van der Waals surface area contributed by atoms with E-state index in [1.807, 2.05) is 30.3 Å². The van der Waals surface area contributed by atoms with Gasteiger partial charge in [0.2, 0.25) is 0 Å². The predicted octanol–water partition coefficient (Wildman–Crippen LogP) is 5.19. The zero-order chi connectivity index (χ0) is 33.9. The second-order valence-electron chi connectivity index (χ2n) is 10.1. The molecule has 0 saturated carbocycles. The molecule has 0 aliphatic rings. The maximum absolute atomic E-state index is 12.5. The Morgan fingerprint density at radius 1 is 0.565 bits per heavy atom. The quantitative estimate of drug-likeness (QED) is 0.169. The number of rotatable bonds is 13. The second-order valence-corrected chi connectivity index (χ2v) is 14.8. The van der Waals surface area contributed by atoms with E-state index >= 15 is 0 Å². The van der Waals surface area contributed by atoms with Crippen molar-refractivity contribution in [2.75, 3.05) is 33.0 Å². The lowest BCUT2D eigenvalue weighted by atomic mass is 9.96. The monoisotopic (exact) mass is 692 g/mol. The average molecular weight is 693 g/mol. The number of ether oxygens (including phenoxy) is 3. The van der Waals surface area contributed by atoms with E-state index in [-0.39, 0.29) is 45.6 Å². The zero-order valence-corrected chi connectivity index (χ0v) is 28.2. The fourth-order valence-electron chi connectivity index (χ4n) is 4.54. The first-order valence-electron chi connectivity index (χ1n) is 13.4. The molecule has 4 aromatic carbocycles. The van der Waals surface area contributed by atoms with E-state index in [0.717, 1.165) is 24.3 Å². The normalized spacial score (nSPS) is 12.6. The van der Waals surface area contributed by atoms with Crippen molar-refractivity contribution in [2.24, 2.45) is 0 Å². The second kappa shape index (κ2) is 13.5. The molecule has 46 heavy (non-hydrogen) atoms. The average Bonchev–Trinajstić information content (AvgIpc) is 2.96. The summed E-state index contributed by atoms with van der Waals surface area (Å²) in [4.78, 5) is 0. The van der Waals surface area contributed by atoms with Gasteiger partial charge in [-0.05, 0) is 53.9 Å². The Morgan fingerprint density at radius 2 is 1.15 bits per heavy atom. The van der Waals surface area contributed by atoms with Crippen molar-refractivity contribution in [3.05, 3.63) is 84.4 Å². The molecule has 0 aliphatic carbocycles. The number of methoxy groups -OCH3 is 2. The van der Waals surface area contributed by atoms with Gasteiger partial charge < -0.3 is 26.8 Å². The summed E-state index contributed by atoms with van der Waals surface area (Å²) in [6, 6.07) is 21.1. The Labute approximate surface area is 268 Å². The minimum atomic E-state index is -4.16. The van der Waals surface area contributed by atoms with E-state index in [1.165, 1.54) is 38.5 Å². The van der Waals surface area contributed by atoms with Crippen molar-refractivity contribution in [1.29, 1.82) is 0 Å². The van der Waals surface area contributed by atoms with Crippen LogP contribution in [0.3, 0.4) is 0 Å².